The van der Waals surface area contributed by atoms with E-state index in [4.69, 9.17) is 23.2 Å². The number of amides is 1. The van der Waals surface area contributed by atoms with Gasteiger partial charge in [0.25, 0.3) is 5.91 Å². The molecular weight excluding hydrogens is 334 g/mol. The van der Waals surface area contributed by atoms with Crippen LogP contribution in [-0.2, 0) is 0 Å². The van der Waals surface area contributed by atoms with Gasteiger partial charge < -0.3 is 0 Å². The molecule has 1 amide bonds. The average molecular weight is 341 g/mol. The molecule has 0 spiro atoms. The van der Waals surface area contributed by atoms with Gasteiger partial charge in [0.05, 0.1) is 14.7 Å². The molecule has 106 valence electrons. The Hall–Kier alpha value is -1.69. The van der Waals surface area contributed by atoms with Crippen LogP contribution in [-0.4, -0.2) is 10.9 Å². The van der Waals surface area contributed by atoms with Crippen molar-refractivity contribution < 1.29 is 9.18 Å². The number of hydrogen-bond donors (Lipinski definition) is 1. The third-order valence-electron chi connectivity index (χ3n) is 2.77. The second-order valence-electron chi connectivity index (χ2n) is 4.19. The molecule has 1 aromatic heterocycles. The van der Waals surface area contributed by atoms with Crippen LogP contribution in [0, 0.1) is 5.82 Å². The summed E-state index contributed by atoms with van der Waals surface area (Å²) >= 11 is 12.9. The molecule has 1 heterocycles. The van der Waals surface area contributed by atoms with Crippen molar-refractivity contribution in [2.45, 2.75) is 0 Å². The first-order chi connectivity index (χ1) is 10.0. The maximum absolute atomic E-state index is 13.6. The van der Waals surface area contributed by atoms with E-state index in [2.05, 4.69) is 10.3 Å². The van der Waals surface area contributed by atoms with Crippen LogP contribution in [0.1, 0.15) is 10.4 Å². The van der Waals surface area contributed by atoms with E-state index in [1.807, 2.05) is 0 Å². The Labute approximate surface area is 133 Å². The van der Waals surface area contributed by atoms with Gasteiger partial charge in [0.1, 0.15) is 11.3 Å². The van der Waals surface area contributed by atoms with Crippen molar-refractivity contribution in [3.05, 3.63) is 57.8 Å². The minimum Gasteiger partial charge on any atom is -0.298 e. The number of anilines is 1. The second-order valence-corrected chi connectivity index (χ2v) is 6.03. The van der Waals surface area contributed by atoms with E-state index in [1.165, 1.54) is 29.5 Å². The fourth-order valence-corrected chi connectivity index (χ4v) is 2.95. The lowest BCUT2D eigenvalue weighted by molar-refractivity contribution is 0.102. The molecule has 0 radical (unpaired) electrons. The van der Waals surface area contributed by atoms with Crippen molar-refractivity contribution in [3.8, 4) is 0 Å². The van der Waals surface area contributed by atoms with Gasteiger partial charge in [-0.3, -0.25) is 10.1 Å². The Bertz CT molecular complexity index is 850. The first kappa shape index (κ1) is 14.3. The molecular formula is C14H7Cl2FN2OS. The van der Waals surface area contributed by atoms with Crippen molar-refractivity contribution in [2.24, 2.45) is 0 Å². The normalized spacial score (nSPS) is 10.8. The molecule has 0 saturated carbocycles. The first-order valence-electron chi connectivity index (χ1n) is 5.86. The standard InChI is InChI=1S/C14H7Cl2FN2OS/c15-8-5-4-7(6-9(8)16)13(20)19-14-18-12-10(17)2-1-3-11(12)21-14/h1-6H,(H,18,19,20). The lowest BCUT2D eigenvalue weighted by Crippen LogP contribution is -2.11. The zero-order valence-electron chi connectivity index (χ0n) is 10.4. The van der Waals surface area contributed by atoms with Gasteiger partial charge in [-0.15, -0.1) is 0 Å². The molecule has 7 heteroatoms. The van der Waals surface area contributed by atoms with Gasteiger partial charge in [-0.2, -0.15) is 0 Å². The van der Waals surface area contributed by atoms with E-state index in [0.717, 1.165) is 0 Å². The number of benzene rings is 2. The third-order valence-corrected chi connectivity index (χ3v) is 4.45. The van der Waals surface area contributed by atoms with Gasteiger partial charge in [-0.25, -0.2) is 9.37 Å². The van der Waals surface area contributed by atoms with Crippen LogP contribution in [0.15, 0.2) is 36.4 Å². The molecule has 3 nitrogen and oxygen atoms in total. The number of aromatic nitrogens is 1. The number of para-hydroxylation sites is 1. The van der Waals surface area contributed by atoms with Gasteiger partial charge in [-0.1, -0.05) is 40.6 Å². The molecule has 0 aliphatic carbocycles. The highest BCUT2D eigenvalue weighted by Gasteiger charge is 2.12. The molecule has 0 aliphatic rings. The zero-order chi connectivity index (χ0) is 15.0. The minimum absolute atomic E-state index is 0.243. The quantitative estimate of drug-likeness (QED) is 0.713. The van der Waals surface area contributed by atoms with E-state index >= 15 is 0 Å². The first-order valence-corrected chi connectivity index (χ1v) is 7.43. The van der Waals surface area contributed by atoms with E-state index in [9.17, 15) is 9.18 Å². The number of rotatable bonds is 2. The van der Waals surface area contributed by atoms with Crippen LogP contribution in [0.25, 0.3) is 10.2 Å². The van der Waals surface area contributed by atoms with Gasteiger partial charge in [0.15, 0.2) is 5.13 Å². The monoisotopic (exact) mass is 340 g/mol. The third kappa shape index (κ3) is 2.85. The summed E-state index contributed by atoms with van der Waals surface area (Å²) in [5.41, 5.74) is 0.594. The highest BCUT2D eigenvalue weighted by atomic mass is 35.5. The number of nitrogens with zero attached hydrogens (tertiary/aromatic N) is 1. The van der Waals surface area contributed by atoms with Crippen LogP contribution >= 0.6 is 34.5 Å². The van der Waals surface area contributed by atoms with Crippen molar-refractivity contribution in [2.75, 3.05) is 5.32 Å². The number of carbonyl (C=O) groups is 1. The topological polar surface area (TPSA) is 42.0 Å². The molecule has 0 bridgehead atoms. The van der Waals surface area contributed by atoms with Gasteiger partial charge >= 0.3 is 0 Å². The molecule has 21 heavy (non-hydrogen) atoms. The number of halogens is 3. The van der Waals surface area contributed by atoms with Crippen LogP contribution in [0.5, 0.6) is 0 Å². The van der Waals surface area contributed by atoms with Gasteiger partial charge in [0.2, 0.25) is 0 Å². The van der Waals surface area contributed by atoms with E-state index < -0.39 is 5.82 Å². The van der Waals surface area contributed by atoms with Crippen LogP contribution in [0.2, 0.25) is 10.0 Å². The molecule has 0 fully saturated rings. The molecule has 2 aromatic carbocycles. The molecule has 3 rings (SSSR count). The molecule has 0 aliphatic heterocycles. The molecule has 0 atom stereocenters. The Morgan fingerprint density at radius 1 is 1.19 bits per heavy atom. The summed E-state index contributed by atoms with van der Waals surface area (Å²) in [6, 6.07) is 9.22. The van der Waals surface area contributed by atoms with Crippen molar-refractivity contribution in [3.63, 3.8) is 0 Å². The maximum Gasteiger partial charge on any atom is 0.257 e. The number of thiazole rings is 1. The Morgan fingerprint density at radius 2 is 2.00 bits per heavy atom. The van der Waals surface area contributed by atoms with Crippen molar-refractivity contribution in [1.29, 1.82) is 0 Å². The summed E-state index contributed by atoms with van der Waals surface area (Å²) in [6.45, 7) is 0. The van der Waals surface area contributed by atoms with Crippen LogP contribution < -0.4 is 5.32 Å². The lowest BCUT2D eigenvalue weighted by atomic mass is 10.2. The number of hydrogen-bond acceptors (Lipinski definition) is 3. The Balaban J connectivity index is 1.89. The largest absolute Gasteiger partial charge is 0.298 e. The summed E-state index contributed by atoms with van der Waals surface area (Å²) in [7, 11) is 0. The van der Waals surface area contributed by atoms with Crippen molar-refractivity contribution >= 4 is 55.8 Å². The number of carbonyl (C=O) groups excluding carboxylic acids is 1. The van der Waals surface area contributed by atoms with Gasteiger partial charge in [-0.05, 0) is 30.3 Å². The highest BCUT2D eigenvalue weighted by molar-refractivity contribution is 7.22. The van der Waals surface area contributed by atoms with Crippen LogP contribution in [0.3, 0.4) is 0 Å². The lowest BCUT2D eigenvalue weighted by Gasteiger charge is -2.02. The molecule has 0 unspecified atom stereocenters. The maximum atomic E-state index is 13.6. The predicted molar refractivity (Wildman–Crippen MR) is 84.0 cm³/mol. The zero-order valence-corrected chi connectivity index (χ0v) is 12.7. The second kappa shape index (κ2) is 5.60. The highest BCUT2D eigenvalue weighted by Crippen LogP contribution is 2.28. The van der Waals surface area contributed by atoms with E-state index in [1.54, 1.807) is 18.2 Å². The van der Waals surface area contributed by atoms with Crippen molar-refractivity contribution in [1.82, 2.24) is 4.98 Å². The minimum atomic E-state index is -0.418. The summed E-state index contributed by atoms with van der Waals surface area (Å²) in [4.78, 5) is 16.2. The summed E-state index contributed by atoms with van der Waals surface area (Å²) < 4.78 is 14.2. The number of fused-ring (bicyclic) bond motifs is 1. The van der Waals surface area contributed by atoms with E-state index in [0.29, 0.717) is 25.4 Å². The number of nitrogens with one attached hydrogen (secondary N) is 1. The fourth-order valence-electron chi connectivity index (χ4n) is 1.78. The summed E-state index contributed by atoms with van der Waals surface area (Å²) in [5, 5.41) is 3.61. The summed E-state index contributed by atoms with van der Waals surface area (Å²) in [5.74, 6) is -0.799. The van der Waals surface area contributed by atoms with E-state index in [-0.39, 0.29) is 11.4 Å². The van der Waals surface area contributed by atoms with Crippen LogP contribution in [0.4, 0.5) is 9.52 Å². The Kier molecular flexibility index (Phi) is 3.80. The van der Waals surface area contributed by atoms with Gasteiger partial charge in [0, 0.05) is 5.56 Å². The predicted octanol–water partition coefficient (Wildman–Crippen LogP) is 4.99. The SMILES string of the molecule is O=C(Nc1nc2c(F)cccc2s1)c1ccc(Cl)c(Cl)c1. The molecule has 1 N–H and O–H groups in total. The average Bonchev–Trinajstić information content (AvgIpc) is 2.86. The Morgan fingerprint density at radius 3 is 2.71 bits per heavy atom. The summed E-state index contributed by atoms with van der Waals surface area (Å²) in [6.07, 6.45) is 0. The fraction of sp³-hybridized carbons (Fsp3) is 0. The molecule has 3 aromatic rings. The molecule has 0 saturated heterocycles. The smallest absolute Gasteiger partial charge is 0.257 e.